The molecule has 0 fully saturated rings. The largest absolute Gasteiger partial charge is 0.427 e. The van der Waals surface area contributed by atoms with Crippen LogP contribution in [0.4, 0.5) is 5.69 Å². The average Bonchev–Trinajstić information content (AvgIpc) is 2.36. The summed E-state index contributed by atoms with van der Waals surface area (Å²) in [5.41, 5.74) is 0.996. The summed E-state index contributed by atoms with van der Waals surface area (Å²) in [6, 6.07) is 11.9. The summed E-state index contributed by atoms with van der Waals surface area (Å²) in [5.74, 6) is 0.839. The van der Waals surface area contributed by atoms with Gasteiger partial charge in [0.1, 0.15) is 12.5 Å². The van der Waals surface area contributed by atoms with Crippen molar-refractivity contribution >= 4 is 39.5 Å². The number of aliphatic hydroxyl groups is 1. The number of hydrogen-bond donors (Lipinski definition) is 1. The van der Waals surface area contributed by atoms with Crippen molar-refractivity contribution in [3.63, 3.8) is 0 Å². The molecule has 0 saturated heterocycles. The van der Waals surface area contributed by atoms with Crippen LogP contribution in [-0.4, -0.2) is 18.9 Å². The molecule has 0 aliphatic carbocycles. The molecule has 0 amide bonds. The minimum Gasteiger partial charge on any atom is -0.427 e. The van der Waals surface area contributed by atoms with Crippen LogP contribution in [0.2, 0.25) is 0 Å². The summed E-state index contributed by atoms with van der Waals surface area (Å²) >= 11 is 1.88. The average molecular weight is 329 g/mol. The Morgan fingerprint density at radius 3 is 2.50 bits per heavy atom. The van der Waals surface area contributed by atoms with Gasteiger partial charge in [-0.15, -0.1) is 0 Å². The van der Waals surface area contributed by atoms with Crippen molar-refractivity contribution < 1.29 is 8.17 Å². The zero-order valence-corrected chi connectivity index (χ0v) is 11.0. The number of halogens is 1. The van der Waals surface area contributed by atoms with Gasteiger partial charge in [0.25, 0.3) is 0 Å². The van der Waals surface area contributed by atoms with Gasteiger partial charge in [0, 0.05) is 23.5 Å². The molecule has 0 bridgehead atoms. The first kappa shape index (κ1) is 11.5. The van der Waals surface area contributed by atoms with Crippen molar-refractivity contribution in [1.29, 1.82) is 0 Å². The molecule has 2 aromatic rings. The molecule has 0 spiro atoms. The molecule has 0 radical (unpaired) electrons. The van der Waals surface area contributed by atoms with Gasteiger partial charge in [-0.05, 0) is 12.1 Å². The van der Waals surface area contributed by atoms with Crippen LogP contribution in [0.1, 0.15) is 0 Å². The quantitative estimate of drug-likeness (QED) is 0.694. The normalized spacial score (nSPS) is 10.4. The minimum atomic E-state index is -0.00552. The van der Waals surface area contributed by atoms with Gasteiger partial charge in [-0.2, -0.15) is 0 Å². The fourth-order valence-corrected chi connectivity index (χ4v) is 2.12. The lowest BCUT2D eigenvalue weighted by molar-refractivity contribution is 0.299. The molecule has 0 aliphatic heterocycles. The molecule has 0 unspecified atom stereocenters. The Hall–Kier alpha value is -1.01. The molecule has 0 aromatic heterocycles. The Kier molecular flexibility index (Phi) is 3.50. The van der Waals surface area contributed by atoms with Crippen molar-refractivity contribution in [3.8, 4) is 5.75 Å². The van der Waals surface area contributed by atoms with E-state index in [2.05, 4.69) is 0 Å². The first-order valence-electron chi connectivity index (χ1n) is 4.90. The van der Waals surface area contributed by atoms with Crippen molar-refractivity contribution in [2.24, 2.45) is 0 Å². The predicted octanol–water partition coefficient (Wildman–Crippen LogP) is 2.95. The first-order valence-corrected chi connectivity index (χ1v) is 5.78. The fourth-order valence-electron chi connectivity index (χ4n) is 1.73. The molecule has 3 nitrogen and oxygen atoms in total. The fraction of sp³-hybridized carbons (Fsp3) is 0.167. The predicted molar refractivity (Wildman–Crippen MR) is 74.1 cm³/mol. The number of anilines is 1. The summed E-state index contributed by atoms with van der Waals surface area (Å²) in [6.07, 6.45) is 0. The third kappa shape index (κ3) is 1.94. The number of rotatable bonds is 3. The highest BCUT2D eigenvalue weighted by molar-refractivity contribution is 14.1. The van der Waals surface area contributed by atoms with Gasteiger partial charge < -0.3 is 13.1 Å². The van der Waals surface area contributed by atoms with Gasteiger partial charge in [0.05, 0.1) is 0 Å². The van der Waals surface area contributed by atoms with Crippen LogP contribution in [-0.2, 0) is 0 Å². The van der Waals surface area contributed by atoms with E-state index in [1.54, 1.807) is 4.90 Å². The number of hydrogen-bond acceptors (Lipinski definition) is 3. The van der Waals surface area contributed by atoms with Crippen LogP contribution in [0, 0.1) is 0 Å². The van der Waals surface area contributed by atoms with Gasteiger partial charge >= 0.3 is 0 Å². The van der Waals surface area contributed by atoms with E-state index in [1.807, 2.05) is 66.5 Å². The van der Waals surface area contributed by atoms with Crippen LogP contribution in [0.5, 0.6) is 5.75 Å². The summed E-state index contributed by atoms with van der Waals surface area (Å²) in [5, 5.41) is 11.3. The van der Waals surface area contributed by atoms with E-state index in [0.29, 0.717) is 0 Å². The molecule has 0 atom stereocenters. The smallest absolute Gasteiger partial charge is 0.192 e. The second kappa shape index (κ2) is 4.88. The molecule has 0 aliphatic rings. The monoisotopic (exact) mass is 329 g/mol. The molecule has 4 heteroatoms. The van der Waals surface area contributed by atoms with Crippen LogP contribution < -0.4 is 7.97 Å². The van der Waals surface area contributed by atoms with E-state index in [1.165, 1.54) is 0 Å². The lowest BCUT2D eigenvalue weighted by Gasteiger charge is -2.18. The van der Waals surface area contributed by atoms with E-state index < -0.39 is 0 Å². The molecular weight excluding hydrogens is 317 g/mol. The Morgan fingerprint density at radius 2 is 1.88 bits per heavy atom. The third-order valence-corrected chi connectivity index (χ3v) is 3.04. The second-order valence-electron chi connectivity index (χ2n) is 3.54. The minimum absolute atomic E-state index is 0.00552. The van der Waals surface area contributed by atoms with Crippen molar-refractivity contribution in [1.82, 2.24) is 0 Å². The maximum atomic E-state index is 9.17. The van der Waals surface area contributed by atoms with Crippen molar-refractivity contribution in [2.75, 3.05) is 18.7 Å². The number of aliphatic hydroxyl groups excluding tert-OH is 1. The van der Waals surface area contributed by atoms with E-state index >= 15 is 0 Å². The number of benzene rings is 2. The first-order chi connectivity index (χ1) is 7.77. The Labute approximate surface area is 108 Å². The van der Waals surface area contributed by atoms with Crippen LogP contribution >= 0.6 is 23.0 Å². The highest BCUT2D eigenvalue weighted by Gasteiger charge is 2.08. The number of fused-ring (bicyclic) bond motifs is 1. The van der Waals surface area contributed by atoms with Crippen LogP contribution in [0.3, 0.4) is 0 Å². The van der Waals surface area contributed by atoms with Gasteiger partial charge in [0.2, 0.25) is 0 Å². The summed E-state index contributed by atoms with van der Waals surface area (Å²) in [7, 11) is 1.85. The zero-order valence-electron chi connectivity index (χ0n) is 8.85. The van der Waals surface area contributed by atoms with E-state index in [0.717, 1.165) is 22.2 Å². The third-order valence-electron chi connectivity index (χ3n) is 2.57. The van der Waals surface area contributed by atoms with Gasteiger partial charge in [-0.3, -0.25) is 0 Å². The standard InChI is InChI=1S/C12H12INO2/c1-14(8-15)11-6-7-12(16-13)10-5-3-2-4-9(10)11/h2-7,15H,8H2,1H3. The van der Waals surface area contributed by atoms with E-state index in [9.17, 15) is 0 Å². The summed E-state index contributed by atoms with van der Waals surface area (Å²) < 4.78 is 5.28. The van der Waals surface area contributed by atoms with Gasteiger partial charge in [0.15, 0.2) is 23.0 Å². The topological polar surface area (TPSA) is 32.7 Å². The lowest BCUT2D eigenvalue weighted by Crippen LogP contribution is -2.17. The second-order valence-corrected chi connectivity index (χ2v) is 3.99. The molecule has 1 N–H and O–H groups in total. The Morgan fingerprint density at radius 1 is 1.19 bits per heavy atom. The lowest BCUT2D eigenvalue weighted by atomic mass is 10.1. The zero-order chi connectivity index (χ0) is 11.5. The van der Waals surface area contributed by atoms with Crippen LogP contribution in [0.15, 0.2) is 36.4 Å². The highest BCUT2D eigenvalue weighted by atomic mass is 127. The molecule has 2 aromatic carbocycles. The molecule has 0 heterocycles. The van der Waals surface area contributed by atoms with Crippen molar-refractivity contribution in [2.45, 2.75) is 0 Å². The van der Waals surface area contributed by atoms with Gasteiger partial charge in [-0.1, -0.05) is 24.3 Å². The molecule has 2 rings (SSSR count). The van der Waals surface area contributed by atoms with Crippen LogP contribution in [0.25, 0.3) is 10.8 Å². The van der Waals surface area contributed by atoms with Gasteiger partial charge in [-0.25, -0.2) is 0 Å². The Bertz CT molecular complexity index is 501. The molecule has 84 valence electrons. The van der Waals surface area contributed by atoms with Crippen molar-refractivity contribution in [3.05, 3.63) is 36.4 Å². The summed E-state index contributed by atoms with van der Waals surface area (Å²) in [4.78, 5) is 1.79. The molecular formula is C12H12INO2. The molecule has 0 saturated carbocycles. The maximum Gasteiger partial charge on any atom is 0.192 e. The number of nitrogens with zero attached hydrogens (tertiary/aromatic N) is 1. The Balaban J connectivity index is 2.69. The maximum absolute atomic E-state index is 9.17. The SMILES string of the molecule is CN(CO)c1ccc(OI)c2ccccc12. The summed E-state index contributed by atoms with van der Waals surface area (Å²) in [6.45, 7) is -0.00552. The highest BCUT2D eigenvalue weighted by Crippen LogP contribution is 2.33. The van der Waals surface area contributed by atoms with E-state index in [-0.39, 0.29) is 6.73 Å². The van der Waals surface area contributed by atoms with E-state index in [4.69, 9.17) is 8.17 Å². The molecule has 16 heavy (non-hydrogen) atoms.